The Bertz CT molecular complexity index is 1170. The van der Waals surface area contributed by atoms with Crippen LogP contribution in [0.2, 0.25) is 10.0 Å². The molecule has 0 unspecified atom stereocenters. The number of aromatic carboxylic acids is 1. The Morgan fingerprint density at radius 3 is 2.39 bits per heavy atom. The van der Waals surface area contributed by atoms with Crippen LogP contribution >= 0.6 is 23.2 Å². The van der Waals surface area contributed by atoms with Gasteiger partial charge in [-0.2, -0.15) is 0 Å². The number of anilines is 2. The molecule has 0 aliphatic heterocycles. The number of carbonyl (C=O) groups excluding carboxylic acids is 1. The smallest absolute Gasteiger partial charge is 0.335 e. The zero-order valence-corrected chi connectivity index (χ0v) is 19.5. The van der Waals surface area contributed by atoms with Crippen LogP contribution in [0.15, 0.2) is 54.6 Å². The van der Waals surface area contributed by atoms with Crippen molar-refractivity contribution in [1.29, 1.82) is 0 Å². The molecule has 0 heterocycles. The van der Waals surface area contributed by atoms with Crippen molar-refractivity contribution in [3.63, 3.8) is 0 Å². The number of hydrogen-bond acceptors (Lipinski definition) is 5. The zero-order valence-electron chi connectivity index (χ0n) is 17.9. The van der Waals surface area contributed by atoms with E-state index in [4.69, 9.17) is 37.8 Å². The van der Waals surface area contributed by atoms with Gasteiger partial charge in [-0.3, -0.25) is 4.79 Å². The molecule has 0 bridgehead atoms. The molecule has 0 spiro atoms. The van der Waals surface area contributed by atoms with Gasteiger partial charge >= 0.3 is 5.97 Å². The number of methoxy groups -OCH3 is 1. The molecular formula is C24H22Cl2N2O5. The maximum Gasteiger partial charge on any atom is 0.335 e. The van der Waals surface area contributed by atoms with E-state index in [2.05, 4.69) is 10.6 Å². The Labute approximate surface area is 201 Å². The molecule has 7 nitrogen and oxygen atoms in total. The Balaban J connectivity index is 1.67. The molecule has 0 atom stereocenters. The van der Waals surface area contributed by atoms with Crippen LogP contribution < -0.4 is 20.1 Å². The van der Waals surface area contributed by atoms with E-state index in [9.17, 15) is 9.59 Å². The number of hydrogen-bond donors (Lipinski definition) is 3. The van der Waals surface area contributed by atoms with Crippen LogP contribution in [0.1, 0.15) is 21.5 Å². The summed E-state index contributed by atoms with van der Waals surface area (Å²) in [6, 6.07) is 15.2. The molecule has 0 radical (unpaired) electrons. The minimum Gasteiger partial charge on any atom is -0.493 e. The van der Waals surface area contributed by atoms with Gasteiger partial charge in [-0.25, -0.2) is 4.79 Å². The van der Waals surface area contributed by atoms with Gasteiger partial charge in [-0.1, -0.05) is 40.9 Å². The Morgan fingerprint density at radius 2 is 1.73 bits per heavy atom. The first-order valence-corrected chi connectivity index (χ1v) is 10.6. The number of aryl methyl sites for hydroxylation is 1. The van der Waals surface area contributed by atoms with Gasteiger partial charge in [-0.05, 0) is 55.0 Å². The van der Waals surface area contributed by atoms with Crippen molar-refractivity contribution in [2.45, 2.75) is 13.5 Å². The van der Waals surface area contributed by atoms with Gasteiger partial charge in [-0.15, -0.1) is 0 Å². The van der Waals surface area contributed by atoms with Crippen molar-refractivity contribution in [2.75, 3.05) is 24.4 Å². The highest BCUT2D eigenvalue weighted by atomic mass is 35.5. The fourth-order valence-corrected chi connectivity index (χ4v) is 3.45. The first-order valence-electron chi connectivity index (χ1n) is 9.89. The quantitative estimate of drug-likeness (QED) is 0.360. The summed E-state index contributed by atoms with van der Waals surface area (Å²) in [5.74, 6) is -0.788. The van der Waals surface area contributed by atoms with Crippen LogP contribution in [0.3, 0.4) is 0 Å². The molecule has 9 heteroatoms. The highest BCUT2D eigenvalue weighted by Gasteiger charge is 2.15. The molecule has 0 aromatic heterocycles. The van der Waals surface area contributed by atoms with Gasteiger partial charge in [0.1, 0.15) is 0 Å². The lowest BCUT2D eigenvalue weighted by Gasteiger charge is -2.15. The Morgan fingerprint density at radius 1 is 1.00 bits per heavy atom. The number of carbonyl (C=O) groups is 2. The van der Waals surface area contributed by atoms with Crippen molar-refractivity contribution in [3.8, 4) is 11.5 Å². The number of carboxylic acid groups (broad SMARTS) is 1. The topological polar surface area (TPSA) is 96.9 Å². The monoisotopic (exact) mass is 488 g/mol. The van der Waals surface area contributed by atoms with Crippen molar-refractivity contribution in [1.82, 2.24) is 0 Å². The fourth-order valence-electron chi connectivity index (χ4n) is 2.98. The Hall–Kier alpha value is -3.42. The van der Waals surface area contributed by atoms with Gasteiger partial charge in [0.25, 0.3) is 5.91 Å². The average molecular weight is 489 g/mol. The normalized spacial score (nSPS) is 10.4. The van der Waals surface area contributed by atoms with Gasteiger partial charge < -0.3 is 25.2 Å². The summed E-state index contributed by atoms with van der Waals surface area (Å²) in [6.45, 7) is 2.01. The molecule has 0 fully saturated rings. The summed E-state index contributed by atoms with van der Waals surface area (Å²) < 4.78 is 11.0. The van der Waals surface area contributed by atoms with Crippen molar-refractivity contribution >= 4 is 46.5 Å². The minimum absolute atomic E-state index is 0.116. The van der Waals surface area contributed by atoms with Crippen molar-refractivity contribution < 1.29 is 24.2 Å². The first-order chi connectivity index (χ1) is 15.8. The molecule has 0 saturated carbocycles. The molecule has 0 aliphatic rings. The second-order valence-corrected chi connectivity index (χ2v) is 7.98. The number of rotatable bonds is 9. The first kappa shape index (κ1) is 24.2. The highest BCUT2D eigenvalue weighted by molar-refractivity contribution is 6.33. The maximum atomic E-state index is 12.2. The average Bonchev–Trinajstić information content (AvgIpc) is 2.78. The van der Waals surface area contributed by atoms with E-state index in [0.717, 1.165) is 11.1 Å². The van der Waals surface area contributed by atoms with E-state index in [-0.39, 0.29) is 28.8 Å². The molecule has 1 amide bonds. The number of nitrogens with one attached hydrogen (secondary N) is 2. The third kappa shape index (κ3) is 6.54. The lowest BCUT2D eigenvalue weighted by molar-refractivity contribution is -0.118. The number of halogens is 2. The van der Waals surface area contributed by atoms with Crippen LogP contribution in [0.4, 0.5) is 11.4 Å². The van der Waals surface area contributed by atoms with E-state index >= 15 is 0 Å². The SMILES string of the molecule is COc1cc(CNc2cc(C(=O)O)ccc2Cl)cc(Cl)c1OCC(=O)Nc1ccc(C)cc1. The van der Waals surface area contributed by atoms with E-state index < -0.39 is 5.97 Å². The molecule has 3 aromatic carbocycles. The molecule has 3 N–H and O–H groups in total. The zero-order chi connectivity index (χ0) is 24.0. The van der Waals surface area contributed by atoms with Crippen molar-refractivity contribution in [2.24, 2.45) is 0 Å². The van der Waals surface area contributed by atoms with E-state index in [1.807, 2.05) is 19.1 Å². The third-order valence-electron chi connectivity index (χ3n) is 4.67. The lowest BCUT2D eigenvalue weighted by Crippen LogP contribution is -2.20. The second kappa shape index (κ2) is 10.9. The maximum absolute atomic E-state index is 12.2. The molecule has 33 heavy (non-hydrogen) atoms. The predicted molar refractivity (Wildman–Crippen MR) is 129 cm³/mol. The fraction of sp³-hybridized carbons (Fsp3) is 0.167. The number of amides is 1. The summed E-state index contributed by atoms with van der Waals surface area (Å²) in [5.41, 5.74) is 3.08. The van der Waals surface area contributed by atoms with Gasteiger partial charge in [0.2, 0.25) is 0 Å². The summed E-state index contributed by atoms with van der Waals surface area (Å²) in [6.07, 6.45) is 0. The molecule has 3 aromatic rings. The summed E-state index contributed by atoms with van der Waals surface area (Å²) in [7, 11) is 1.47. The predicted octanol–water partition coefficient (Wildman–Crippen LogP) is 5.64. The second-order valence-electron chi connectivity index (χ2n) is 7.17. The van der Waals surface area contributed by atoms with Crippen LogP contribution in [0.25, 0.3) is 0 Å². The lowest BCUT2D eigenvalue weighted by atomic mass is 10.1. The van der Waals surface area contributed by atoms with Crippen molar-refractivity contribution in [3.05, 3.63) is 81.3 Å². The van der Waals surface area contributed by atoms with Crippen LogP contribution in [-0.4, -0.2) is 30.7 Å². The van der Waals surface area contributed by atoms with Gasteiger partial charge in [0, 0.05) is 12.2 Å². The van der Waals surface area contributed by atoms with Crippen LogP contribution in [0.5, 0.6) is 11.5 Å². The largest absolute Gasteiger partial charge is 0.493 e. The number of benzene rings is 3. The number of ether oxygens (including phenoxy) is 2. The van der Waals surface area contributed by atoms with Gasteiger partial charge in [0.15, 0.2) is 18.1 Å². The standard InChI is InChI=1S/C24H22Cl2N2O5/c1-14-3-6-17(7-4-14)28-22(29)13-33-23-19(26)9-15(10-21(23)32-2)12-27-20-11-16(24(30)31)5-8-18(20)25/h3-11,27H,12-13H2,1-2H3,(H,28,29)(H,30,31). The molecular weight excluding hydrogens is 467 g/mol. The molecule has 172 valence electrons. The van der Waals surface area contributed by atoms with E-state index in [1.165, 1.54) is 25.3 Å². The highest BCUT2D eigenvalue weighted by Crippen LogP contribution is 2.37. The van der Waals surface area contributed by atoms with Gasteiger partial charge in [0.05, 0.1) is 28.4 Å². The number of carboxylic acids is 1. The van der Waals surface area contributed by atoms with Crippen LogP contribution in [0, 0.1) is 6.92 Å². The molecule has 0 saturated heterocycles. The third-order valence-corrected chi connectivity index (χ3v) is 5.28. The molecule has 0 aliphatic carbocycles. The summed E-state index contributed by atoms with van der Waals surface area (Å²) in [5, 5.41) is 15.6. The minimum atomic E-state index is -1.05. The summed E-state index contributed by atoms with van der Waals surface area (Å²) in [4.78, 5) is 23.4. The van der Waals surface area contributed by atoms with E-state index in [0.29, 0.717) is 28.7 Å². The van der Waals surface area contributed by atoms with E-state index in [1.54, 1.807) is 24.3 Å². The summed E-state index contributed by atoms with van der Waals surface area (Å²) >= 11 is 12.5. The molecule has 3 rings (SSSR count). The van der Waals surface area contributed by atoms with Crippen LogP contribution in [-0.2, 0) is 11.3 Å². The Kier molecular flexibility index (Phi) is 8.03.